The summed E-state index contributed by atoms with van der Waals surface area (Å²) in [5.74, 6) is 2.58. The smallest absolute Gasteiger partial charge is 0.381 e. The van der Waals surface area contributed by atoms with Gasteiger partial charge in [-0.3, -0.25) is 9.35 Å². The number of ether oxygens (including phenoxy) is 1. The van der Waals surface area contributed by atoms with Crippen LogP contribution in [0.3, 0.4) is 0 Å². The lowest BCUT2D eigenvalue weighted by atomic mass is 9.43. The molecule has 1 amide bonds. The van der Waals surface area contributed by atoms with Crippen molar-refractivity contribution in [1.29, 1.82) is 0 Å². The van der Waals surface area contributed by atoms with Crippen molar-refractivity contribution in [3.8, 4) is 0 Å². The number of nitrogens with zero attached hydrogens (tertiary/aromatic N) is 1. The second-order valence-corrected chi connectivity index (χ2v) is 14.8. The molecule has 0 radical (unpaired) electrons. The maximum atomic E-state index is 12.7. The molecule has 5 aliphatic rings. The molecule has 1 aliphatic heterocycles. The fraction of sp³-hybridized carbons (Fsp3) is 0.966. The number of carbonyl (C=O) groups is 1. The summed E-state index contributed by atoms with van der Waals surface area (Å²) in [7, 11) is -2.76. The van der Waals surface area contributed by atoms with E-state index in [0.717, 1.165) is 77.3 Å². The van der Waals surface area contributed by atoms with Crippen LogP contribution in [0.15, 0.2) is 0 Å². The van der Waals surface area contributed by atoms with E-state index < -0.39 is 16.5 Å². The summed E-state index contributed by atoms with van der Waals surface area (Å²) in [4.78, 5) is 14.8. The molecule has 5 fully saturated rings. The number of hydrogen-bond acceptors (Lipinski definition) is 5. The van der Waals surface area contributed by atoms with Gasteiger partial charge in [-0.05, 0) is 117 Å². The molecule has 0 spiro atoms. The zero-order chi connectivity index (χ0) is 26.6. The third-order valence-electron chi connectivity index (χ3n) is 12.2. The molecule has 7 nitrogen and oxygen atoms in total. The van der Waals surface area contributed by atoms with Crippen molar-refractivity contribution in [3.05, 3.63) is 0 Å². The molecule has 37 heavy (non-hydrogen) atoms. The highest BCUT2D eigenvalue weighted by Crippen LogP contribution is 2.69. The van der Waals surface area contributed by atoms with Crippen molar-refractivity contribution in [2.45, 2.75) is 110 Å². The summed E-state index contributed by atoms with van der Waals surface area (Å²) in [6.07, 6.45) is 11.8. The Hall–Kier alpha value is -0.700. The Bertz CT molecular complexity index is 950. The van der Waals surface area contributed by atoms with Gasteiger partial charge in [-0.15, -0.1) is 0 Å². The predicted molar refractivity (Wildman–Crippen MR) is 142 cm³/mol. The molecule has 0 aromatic rings. The first-order valence-corrected chi connectivity index (χ1v) is 16.3. The number of methoxy groups -OCH3 is 1. The van der Waals surface area contributed by atoms with Crippen LogP contribution in [0.1, 0.15) is 97.8 Å². The third kappa shape index (κ3) is 5.14. The summed E-state index contributed by atoms with van der Waals surface area (Å²) < 4.78 is 45.0. The van der Waals surface area contributed by atoms with Gasteiger partial charge in [0.15, 0.2) is 0 Å². The predicted octanol–water partition coefficient (Wildman–Crippen LogP) is 5.50. The maximum Gasteiger partial charge on any atom is 0.397 e. The molecule has 0 unspecified atom stereocenters. The molecule has 4 aliphatic carbocycles. The van der Waals surface area contributed by atoms with Crippen molar-refractivity contribution in [2.75, 3.05) is 20.2 Å². The average molecular weight is 540 g/mol. The van der Waals surface area contributed by atoms with Gasteiger partial charge in [-0.25, -0.2) is 4.18 Å². The van der Waals surface area contributed by atoms with Crippen molar-refractivity contribution in [1.82, 2.24) is 4.90 Å². The van der Waals surface area contributed by atoms with Gasteiger partial charge in [0.05, 0.1) is 12.2 Å². The van der Waals surface area contributed by atoms with Gasteiger partial charge in [0, 0.05) is 26.6 Å². The monoisotopic (exact) mass is 539 g/mol. The molecule has 0 aromatic carbocycles. The van der Waals surface area contributed by atoms with Gasteiger partial charge in [-0.2, -0.15) is 8.42 Å². The summed E-state index contributed by atoms with van der Waals surface area (Å²) in [6.45, 7) is 9.04. The van der Waals surface area contributed by atoms with Crippen molar-refractivity contribution >= 4 is 16.3 Å². The topological polar surface area (TPSA) is 93.1 Å². The summed E-state index contributed by atoms with van der Waals surface area (Å²) >= 11 is 0. The molecule has 0 aromatic heterocycles. The molecular formula is C29H49NO6S. The fourth-order valence-corrected chi connectivity index (χ4v) is 10.8. The van der Waals surface area contributed by atoms with E-state index in [9.17, 15) is 17.8 Å². The Morgan fingerprint density at radius 1 is 1.03 bits per heavy atom. The van der Waals surface area contributed by atoms with E-state index in [1.165, 1.54) is 0 Å². The number of amides is 1. The fourth-order valence-electron chi connectivity index (χ4n) is 10.3. The van der Waals surface area contributed by atoms with Gasteiger partial charge >= 0.3 is 10.4 Å². The van der Waals surface area contributed by atoms with E-state index in [-0.39, 0.29) is 22.9 Å². The average Bonchev–Trinajstić information content (AvgIpc) is 3.49. The van der Waals surface area contributed by atoms with E-state index in [4.69, 9.17) is 8.92 Å². The lowest BCUT2D eigenvalue weighted by Gasteiger charge is -2.62. The van der Waals surface area contributed by atoms with Gasteiger partial charge < -0.3 is 9.64 Å². The van der Waals surface area contributed by atoms with Gasteiger partial charge in [0.1, 0.15) is 0 Å². The number of carbonyl (C=O) groups excluding carboxylic acids is 1. The first-order valence-electron chi connectivity index (χ1n) is 14.9. The molecular weight excluding hydrogens is 490 g/mol. The van der Waals surface area contributed by atoms with Crippen LogP contribution in [-0.2, 0) is 24.1 Å². The van der Waals surface area contributed by atoms with E-state index in [1.807, 2.05) is 4.90 Å². The van der Waals surface area contributed by atoms with Crippen molar-refractivity contribution in [3.63, 3.8) is 0 Å². The minimum Gasteiger partial charge on any atom is -0.381 e. The second kappa shape index (κ2) is 10.4. The molecule has 1 N–H and O–H groups in total. The van der Waals surface area contributed by atoms with Crippen LogP contribution in [0.2, 0.25) is 0 Å². The highest BCUT2D eigenvalue weighted by atomic mass is 32.3. The van der Waals surface area contributed by atoms with E-state index in [1.54, 1.807) is 7.11 Å². The number of likely N-dealkylation sites (tertiary alicyclic amines) is 1. The van der Waals surface area contributed by atoms with Crippen LogP contribution in [0, 0.1) is 46.3 Å². The molecule has 10 atom stereocenters. The Morgan fingerprint density at radius 2 is 1.70 bits per heavy atom. The quantitative estimate of drug-likeness (QED) is 0.430. The largest absolute Gasteiger partial charge is 0.397 e. The highest BCUT2D eigenvalue weighted by molar-refractivity contribution is 7.80. The number of hydrogen-bond donors (Lipinski definition) is 1. The highest BCUT2D eigenvalue weighted by Gasteiger charge is 2.63. The zero-order valence-corrected chi connectivity index (χ0v) is 24.2. The Morgan fingerprint density at radius 3 is 2.38 bits per heavy atom. The van der Waals surface area contributed by atoms with Crippen LogP contribution < -0.4 is 0 Å². The summed E-state index contributed by atoms with van der Waals surface area (Å²) in [6, 6.07) is 0. The molecule has 212 valence electrons. The lowest BCUT2D eigenvalue weighted by molar-refractivity contribution is -0.170. The van der Waals surface area contributed by atoms with Crippen LogP contribution in [0.25, 0.3) is 0 Å². The first-order chi connectivity index (χ1) is 17.5. The molecule has 1 heterocycles. The van der Waals surface area contributed by atoms with Crippen LogP contribution in [0.5, 0.6) is 0 Å². The molecule has 0 bridgehead atoms. The standard InChI is InChI=1S/C29H49NO6S/c1-19(7-10-26(31)30-15-5-6-16-30)22-8-9-23-27-24(12-14-29(22,23)3)28(2)13-11-21(35-4)17-20(28)18-25(27)36-37(32,33)34/h19-25,27H,5-18H2,1-4H3,(H,32,33,34)/t19-,20+,21-,22-,23+,24+,25-,27+,28+,29-/m1/s1. The molecule has 1 saturated heterocycles. The van der Waals surface area contributed by atoms with Crippen LogP contribution >= 0.6 is 0 Å². The minimum absolute atomic E-state index is 0.116. The lowest BCUT2D eigenvalue weighted by Crippen LogP contribution is -2.59. The third-order valence-corrected chi connectivity index (χ3v) is 12.7. The van der Waals surface area contributed by atoms with Gasteiger partial charge in [0.2, 0.25) is 5.91 Å². The van der Waals surface area contributed by atoms with E-state index >= 15 is 0 Å². The van der Waals surface area contributed by atoms with Crippen molar-refractivity contribution < 1.29 is 26.7 Å². The summed E-state index contributed by atoms with van der Waals surface area (Å²) in [5, 5.41) is 0. The molecule has 4 saturated carbocycles. The zero-order valence-electron chi connectivity index (χ0n) is 23.4. The molecule has 5 rings (SSSR count). The van der Waals surface area contributed by atoms with Gasteiger partial charge in [0.25, 0.3) is 0 Å². The molecule has 8 heteroatoms. The Kier molecular flexibility index (Phi) is 7.80. The summed E-state index contributed by atoms with van der Waals surface area (Å²) in [5.41, 5.74) is 0.275. The maximum absolute atomic E-state index is 12.7. The minimum atomic E-state index is -4.53. The SMILES string of the molecule is CO[C@@H]1CC[C@@]2(C)[C@@H](C1)C[C@@H](OS(=O)(=O)O)[C@@H]1[C@@H]2CC[C@]2(C)[C@@H]([C@H](C)CCC(=O)N3CCCC3)CC[C@@H]12. The Balaban J connectivity index is 1.35. The number of rotatable bonds is 7. The second-order valence-electron chi connectivity index (χ2n) is 13.8. The first kappa shape index (κ1) is 27.9. The Labute approximate surface area is 224 Å². The van der Waals surface area contributed by atoms with Crippen LogP contribution in [-0.4, -0.2) is 56.2 Å². The van der Waals surface area contributed by atoms with E-state index in [0.29, 0.717) is 48.3 Å². The van der Waals surface area contributed by atoms with Crippen LogP contribution in [0.4, 0.5) is 0 Å². The number of fused-ring (bicyclic) bond motifs is 5. The van der Waals surface area contributed by atoms with Gasteiger partial charge in [-0.1, -0.05) is 20.8 Å². The van der Waals surface area contributed by atoms with Crippen molar-refractivity contribution in [2.24, 2.45) is 46.3 Å². The van der Waals surface area contributed by atoms with E-state index in [2.05, 4.69) is 20.8 Å². The normalized spacial score (nSPS) is 44.7.